The number of nitrogens with zero attached hydrogens (tertiary/aromatic N) is 2. The van der Waals surface area contributed by atoms with Crippen molar-refractivity contribution in [2.45, 2.75) is 13.8 Å². The average Bonchev–Trinajstić information content (AvgIpc) is 2.59. The van der Waals surface area contributed by atoms with E-state index in [1.165, 1.54) is 4.68 Å². The van der Waals surface area contributed by atoms with E-state index in [2.05, 4.69) is 10.3 Å². The number of hydrogen-bond acceptors (Lipinski definition) is 3. The second-order valence-corrected chi connectivity index (χ2v) is 3.87. The molecule has 2 rings (SSSR count). The van der Waals surface area contributed by atoms with Crippen molar-refractivity contribution >= 4 is 6.21 Å². The van der Waals surface area contributed by atoms with E-state index in [-0.39, 0.29) is 5.56 Å². The zero-order chi connectivity index (χ0) is 12.4. The maximum Gasteiger partial charge on any atom is 0.280 e. The number of hydrogen-bond donors (Lipinski definition) is 2. The molecule has 0 aliphatic rings. The fourth-order valence-electron chi connectivity index (χ4n) is 1.64. The molecule has 0 atom stereocenters. The molecule has 0 bridgehead atoms. The molecule has 0 spiro atoms. The molecule has 1 heterocycles. The predicted molar refractivity (Wildman–Crippen MR) is 65.2 cm³/mol. The minimum Gasteiger partial charge on any atom is -0.411 e. The maximum absolute atomic E-state index is 12.0. The zero-order valence-electron chi connectivity index (χ0n) is 9.64. The Morgan fingerprint density at radius 1 is 1.29 bits per heavy atom. The quantitative estimate of drug-likeness (QED) is 0.468. The topological polar surface area (TPSA) is 70.4 Å². The van der Waals surface area contributed by atoms with Crippen LogP contribution in [0.3, 0.4) is 0 Å². The number of nitrogens with one attached hydrogen (secondary N) is 1. The Morgan fingerprint density at radius 2 is 1.94 bits per heavy atom. The van der Waals surface area contributed by atoms with Gasteiger partial charge in [-0.3, -0.25) is 9.89 Å². The highest BCUT2D eigenvalue weighted by molar-refractivity contribution is 5.80. The first-order valence-corrected chi connectivity index (χ1v) is 5.19. The highest BCUT2D eigenvalue weighted by Crippen LogP contribution is 2.07. The van der Waals surface area contributed by atoms with E-state index in [0.717, 1.165) is 17.5 Å². The summed E-state index contributed by atoms with van der Waals surface area (Å²) >= 11 is 0. The van der Waals surface area contributed by atoms with Crippen molar-refractivity contribution in [1.82, 2.24) is 9.78 Å². The van der Waals surface area contributed by atoms with Crippen molar-refractivity contribution in [3.63, 3.8) is 0 Å². The van der Waals surface area contributed by atoms with Crippen LogP contribution in [0.4, 0.5) is 0 Å². The molecule has 5 heteroatoms. The second kappa shape index (κ2) is 4.29. The summed E-state index contributed by atoms with van der Waals surface area (Å²) in [7, 11) is 0. The van der Waals surface area contributed by atoms with Crippen molar-refractivity contribution < 1.29 is 5.21 Å². The number of aromatic amines is 1. The molecule has 2 N–H and O–H groups in total. The van der Waals surface area contributed by atoms with Crippen molar-refractivity contribution in [3.05, 3.63) is 51.4 Å². The fraction of sp³-hybridized carbons (Fsp3) is 0.167. The third-order valence-corrected chi connectivity index (χ3v) is 2.60. The summed E-state index contributed by atoms with van der Waals surface area (Å²) in [5, 5.41) is 14.3. The molecule has 0 saturated heterocycles. The fourth-order valence-corrected chi connectivity index (χ4v) is 1.64. The third kappa shape index (κ3) is 1.99. The minimum atomic E-state index is -0.232. The highest BCUT2D eigenvalue weighted by atomic mass is 16.4. The SMILES string of the molecule is Cc1ccc(-n2[nH]c(C)c(/C=N/O)c2=O)cc1. The summed E-state index contributed by atoms with van der Waals surface area (Å²) in [4.78, 5) is 12.0. The first kappa shape index (κ1) is 11.2. The molecule has 2 aromatic rings. The summed E-state index contributed by atoms with van der Waals surface area (Å²) in [5.41, 5.74) is 2.66. The molecule has 17 heavy (non-hydrogen) atoms. The Bertz CT molecular complexity index is 606. The van der Waals surface area contributed by atoms with E-state index in [1.54, 1.807) is 6.92 Å². The number of aryl methyl sites for hydroxylation is 2. The summed E-state index contributed by atoms with van der Waals surface area (Å²) in [6.45, 7) is 3.74. The molecule has 0 radical (unpaired) electrons. The molecule has 1 aromatic carbocycles. The molecule has 1 aromatic heterocycles. The van der Waals surface area contributed by atoms with E-state index in [0.29, 0.717) is 11.3 Å². The van der Waals surface area contributed by atoms with E-state index < -0.39 is 0 Å². The van der Waals surface area contributed by atoms with Gasteiger partial charge in [0.1, 0.15) is 0 Å². The van der Waals surface area contributed by atoms with Gasteiger partial charge in [0.15, 0.2) is 0 Å². The van der Waals surface area contributed by atoms with Crippen LogP contribution in [0.1, 0.15) is 16.8 Å². The lowest BCUT2D eigenvalue weighted by molar-refractivity contribution is 0.322. The van der Waals surface area contributed by atoms with Crippen LogP contribution in [0, 0.1) is 13.8 Å². The number of oxime groups is 1. The molecule has 0 aliphatic carbocycles. The molecule has 0 aliphatic heterocycles. The van der Waals surface area contributed by atoms with Gasteiger partial charge in [0, 0.05) is 5.69 Å². The van der Waals surface area contributed by atoms with Gasteiger partial charge in [-0.05, 0) is 26.0 Å². The standard InChI is InChI=1S/C12H13N3O2/c1-8-3-5-10(6-4-8)15-12(16)11(7-13-17)9(2)14-15/h3-7,14,17H,1-2H3/b13-7+. The summed E-state index contributed by atoms with van der Waals surface area (Å²) < 4.78 is 1.42. The Hall–Kier alpha value is -2.30. The maximum atomic E-state index is 12.0. The van der Waals surface area contributed by atoms with Crippen LogP contribution in [0.2, 0.25) is 0 Å². The second-order valence-electron chi connectivity index (χ2n) is 3.87. The van der Waals surface area contributed by atoms with Gasteiger partial charge in [-0.15, -0.1) is 0 Å². The lowest BCUT2D eigenvalue weighted by Gasteiger charge is -2.01. The molecule has 5 nitrogen and oxygen atoms in total. The predicted octanol–water partition coefficient (Wildman–Crippen LogP) is 1.59. The lowest BCUT2D eigenvalue weighted by Crippen LogP contribution is -2.17. The van der Waals surface area contributed by atoms with E-state index in [9.17, 15) is 4.79 Å². The molecule has 0 fully saturated rings. The van der Waals surface area contributed by atoms with E-state index >= 15 is 0 Å². The van der Waals surface area contributed by atoms with Gasteiger partial charge < -0.3 is 5.21 Å². The highest BCUT2D eigenvalue weighted by Gasteiger charge is 2.10. The molecular formula is C12H13N3O2. The summed E-state index contributed by atoms with van der Waals surface area (Å²) in [6, 6.07) is 7.56. The first-order valence-electron chi connectivity index (χ1n) is 5.19. The van der Waals surface area contributed by atoms with Gasteiger partial charge in [0.05, 0.1) is 17.5 Å². The lowest BCUT2D eigenvalue weighted by atomic mass is 10.2. The Kier molecular flexibility index (Phi) is 2.82. The van der Waals surface area contributed by atoms with Gasteiger partial charge in [-0.25, -0.2) is 4.68 Å². The van der Waals surface area contributed by atoms with Gasteiger partial charge in [-0.2, -0.15) is 0 Å². The monoisotopic (exact) mass is 231 g/mol. The van der Waals surface area contributed by atoms with Crippen molar-refractivity contribution in [3.8, 4) is 5.69 Å². The van der Waals surface area contributed by atoms with Crippen molar-refractivity contribution in [2.24, 2.45) is 5.16 Å². The van der Waals surface area contributed by atoms with Crippen LogP contribution in [0.15, 0.2) is 34.2 Å². The average molecular weight is 231 g/mol. The zero-order valence-corrected chi connectivity index (χ0v) is 9.64. The third-order valence-electron chi connectivity index (χ3n) is 2.60. The Balaban J connectivity index is 2.57. The van der Waals surface area contributed by atoms with Crippen LogP contribution in [0.25, 0.3) is 5.69 Å². The summed E-state index contributed by atoms with van der Waals surface area (Å²) in [6.07, 6.45) is 1.14. The van der Waals surface area contributed by atoms with E-state index in [1.807, 2.05) is 31.2 Å². The van der Waals surface area contributed by atoms with Gasteiger partial charge >= 0.3 is 0 Å². The minimum absolute atomic E-state index is 0.232. The molecule has 0 saturated carbocycles. The van der Waals surface area contributed by atoms with Crippen molar-refractivity contribution in [2.75, 3.05) is 0 Å². The largest absolute Gasteiger partial charge is 0.411 e. The number of benzene rings is 1. The number of H-pyrrole nitrogens is 1. The number of aromatic nitrogens is 2. The first-order chi connectivity index (χ1) is 8.13. The molecule has 88 valence electrons. The number of rotatable bonds is 2. The molecule has 0 unspecified atom stereocenters. The van der Waals surface area contributed by atoms with Crippen LogP contribution < -0.4 is 5.56 Å². The van der Waals surface area contributed by atoms with Gasteiger partial charge in [-0.1, -0.05) is 22.9 Å². The van der Waals surface area contributed by atoms with E-state index in [4.69, 9.17) is 5.21 Å². The van der Waals surface area contributed by atoms with Gasteiger partial charge in [0.2, 0.25) is 0 Å². The van der Waals surface area contributed by atoms with Crippen LogP contribution in [0.5, 0.6) is 0 Å². The summed E-state index contributed by atoms with van der Waals surface area (Å²) in [5.74, 6) is 0. The van der Waals surface area contributed by atoms with Crippen molar-refractivity contribution in [1.29, 1.82) is 0 Å². The van der Waals surface area contributed by atoms with Gasteiger partial charge in [0.25, 0.3) is 5.56 Å². The molecular weight excluding hydrogens is 218 g/mol. The van der Waals surface area contributed by atoms with Crippen LogP contribution >= 0.6 is 0 Å². The smallest absolute Gasteiger partial charge is 0.280 e. The molecule has 0 amide bonds. The van der Waals surface area contributed by atoms with Crippen LogP contribution in [-0.4, -0.2) is 21.2 Å². The normalized spacial score (nSPS) is 11.2. The Labute approximate surface area is 98.0 Å². The Morgan fingerprint density at radius 3 is 2.53 bits per heavy atom. The van der Waals surface area contributed by atoms with Crippen LogP contribution in [-0.2, 0) is 0 Å².